The Morgan fingerprint density at radius 2 is 2.18 bits per heavy atom. The highest BCUT2D eigenvalue weighted by molar-refractivity contribution is 5.51. The third-order valence-corrected chi connectivity index (χ3v) is 2.91. The van der Waals surface area contributed by atoms with Crippen LogP contribution in [0.15, 0.2) is 18.2 Å². The van der Waals surface area contributed by atoms with Gasteiger partial charge in [-0.05, 0) is 24.8 Å². The Bertz CT molecular complexity index is 419. The van der Waals surface area contributed by atoms with E-state index in [2.05, 4.69) is 5.32 Å². The van der Waals surface area contributed by atoms with Crippen molar-refractivity contribution in [2.45, 2.75) is 25.7 Å². The van der Waals surface area contributed by atoms with Crippen molar-refractivity contribution in [2.75, 3.05) is 11.9 Å². The summed E-state index contributed by atoms with van der Waals surface area (Å²) < 4.78 is 13.1. The van der Waals surface area contributed by atoms with Crippen molar-refractivity contribution in [3.05, 3.63) is 34.1 Å². The molecule has 1 aliphatic rings. The smallest absolute Gasteiger partial charge is 0.274 e. The first kappa shape index (κ1) is 11.8. The van der Waals surface area contributed by atoms with Crippen LogP contribution >= 0.6 is 0 Å². The van der Waals surface area contributed by atoms with Crippen LogP contribution in [0.4, 0.5) is 15.8 Å². The highest BCUT2D eigenvalue weighted by Gasteiger charge is 2.20. The molecule has 0 unspecified atom stereocenters. The minimum atomic E-state index is -0.585. The number of halogens is 1. The van der Waals surface area contributed by atoms with E-state index >= 15 is 0 Å². The summed E-state index contributed by atoms with van der Waals surface area (Å²) in [6.07, 6.45) is 4.86. The molecule has 0 radical (unpaired) electrons. The fourth-order valence-electron chi connectivity index (χ4n) is 1.81. The maximum Gasteiger partial charge on any atom is 0.274 e. The van der Waals surface area contributed by atoms with Crippen LogP contribution in [0.2, 0.25) is 0 Å². The normalized spacial score (nSPS) is 14.6. The first-order chi connectivity index (χ1) is 8.15. The Kier molecular flexibility index (Phi) is 3.56. The van der Waals surface area contributed by atoms with Gasteiger partial charge in [0.25, 0.3) is 5.69 Å². The Morgan fingerprint density at radius 3 is 2.82 bits per heavy atom. The van der Waals surface area contributed by atoms with E-state index in [4.69, 9.17) is 0 Å². The van der Waals surface area contributed by atoms with Gasteiger partial charge in [-0.3, -0.25) is 10.1 Å². The Morgan fingerprint density at radius 1 is 1.41 bits per heavy atom. The number of nitrogens with zero attached hydrogens (tertiary/aromatic N) is 1. The predicted molar refractivity (Wildman–Crippen MR) is 63.5 cm³/mol. The van der Waals surface area contributed by atoms with Crippen molar-refractivity contribution >= 4 is 11.4 Å². The van der Waals surface area contributed by atoms with Gasteiger partial charge in [0.1, 0.15) is 5.82 Å². The van der Waals surface area contributed by atoms with Crippen LogP contribution in [0.1, 0.15) is 25.7 Å². The van der Waals surface area contributed by atoms with Crippen molar-refractivity contribution in [1.29, 1.82) is 0 Å². The lowest BCUT2D eigenvalue weighted by atomic mass is 10.2. The number of anilines is 1. The average Bonchev–Trinajstić information content (AvgIpc) is 3.07. The van der Waals surface area contributed by atoms with Gasteiger partial charge in [0.2, 0.25) is 0 Å². The highest BCUT2D eigenvalue weighted by Crippen LogP contribution is 2.33. The molecule has 0 aromatic heterocycles. The standard InChI is InChI=1S/C12H15FN2O2/c13-10-6-11(8-12(7-10)15(16)17)14-5-1-2-9-3-4-9/h6-9,14H,1-5H2. The van der Waals surface area contributed by atoms with Gasteiger partial charge in [-0.2, -0.15) is 0 Å². The molecule has 1 aromatic rings. The van der Waals surface area contributed by atoms with Crippen LogP contribution in [0.5, 0.6) is 0 Å². The molecule has 0 spiro atoms. The van der Waals surface area contributed by atoms with Gasteiger partial charge in [-0.25, -0.2) is 4.39 Å². The molecule has 1 fully saturated rings. The fourth-order valence-corrected chi connectivity index (χ4v) is 1.81. The molecule has 1 aromatic carbocycles. The number of hydrogen-bond acceptors (Lipinski definition) is 3. The fraction of sp³-hybridized carbons (Fsp3) is 0.500. The maximum atomic E-state index is 13.1. The second-order valence-corrected chi connectivity index (χ2v) is 4.47. The Hall–Kier alpha value is -1.65. The minimum absolute atomic E-state index is 0.213. The molecule has 92 valence electrons. The molecule has 0 amide bonds. The quantitative estimate of drug-likeness (QED) is 0.470. The molecular weight excluding hydrogens is 223 g/mol. The zero-order valence-electron chi connectivity index (χ0n) is 9.49. The van der Waals surface area contributed by atoms with Gasteiger partial charge in [0.05, 0.1) is 11.0 Å². The summed E-state index contributed by atoms with van der Waals surface area (Å²) in [5.74, 6) is 0.294. The van der Waals surface area contributed by atoms with Gasteiger partial charge >= 0.3 is 0 Å². The van der Waals surface area contributed by atoms with E-state index in [1.54, 1.807) is 0 Å². The molecule has 0 bridgehead atoms. The largest absolute Gasteiger partial charge is 0.385 e. The first-order valence-electron chi connectivity index (χ1n) is 5.84. The zero-order chi connectivity index (χ0) is 12.3. The number of benzene rings is 1. The van der Waals surface area contributed by atoms with Gasteiger partial charge in [0.15, 0.2) is 0 Å². The van der Waals surface area contributed by atoms with Gasteiger partial charge in [-0.15, -0.1) is 0 Å². The topological polar surface area (TPSA) is 55.2 Å². The molecule has 4 nitrogen and oxygen atoms in total. The maximum absolute atomic E-state index is 13.1. The van der Waals surface area contributed by atoms with Crippen LogP contribution in [-0.4, -0.2) is 11.5 Å². The van der Waals surface area contributed by atoms with E-state index in [-0.39, 0.29) is 5.69 Å². The number of rotatable bonds is 6. The summed E-state index contributed by atoms with van der Waals surface area (Å²) in [4.78, 5) is 9.96. The van der Waals surface area contributed by atoms with Gasteiger partial charge in [-0.1, -0.05) is 12.8 Å². The van der Waals surface area contributed by atoms with Crippen LogP contribution in [0, 0.1) is 21.8 Å². The zero-order valence-corrected chi connectivity index (χ0v) is 9.49. The van der Waals surface area contributed by atoms with E-state index in [1.165, 1.54) is 31.4 Å². The molecule has 0 saturated heterocycles. The van der Waals surface area contributed by atoms with Gasteiger partial charge < -0.3 is 5.32 Å². The molecule has 5 heteroatoms. The van der Waals surface area contributed by atoms with Crippen molar-refractivity contribution in [3.8, 4) is 0 Å². The molecule has 17 heavy (non-hydrogen) atoms. The minimum Gasteiger partial charge on any atom is -0.385 e. The predicted octanol–water partition coefficient (Wildman–Crippen LogP) is 3.34. The number of non-ortho nitro benzene ring substituents is 1. The van der Waals surface area contributed by atoms with Crippen molar-refractivity contribution in [2.24, 2.45) is 5.92 Å². The van der Waals surface area contributed by atoms with E-state index in [0.717, 1.165) is 24.9 Å². The number of nitro benzene ring substituents is 1. The van der Waals surface area contributed by atoms with Gasteiger partial charge in [0, 0.05) is 18.3 Å². The highest BCUT2D eigenvalue weighted by atomic mass is 19.1. The summed E-state index contributed by atoms with van der Waals surface area (Å²) >= 11 is 0. The van der Waals surface area contributed by atoms with Crippen LogP contribution in [-0.2, 0) is 0 Å². The molecule has 0 heterocycles. The first-order valence-corrected chi connectivity index (χ1v) is 5.84. The Labute approximate surface area is 99.0 Å². The number of nitrogens with one attached hydrogen (secondary N) is 1. The van der Waals surface area contributed by atoms with E-state index in [1.807, 2.05) is 0 Å². The lowest BCUT2D eigenvalue weighted by Crippen LogP contribution is -2.03. The molecular formula is C12H15FN2O2. The van der Waals surface area contributed by atoms with E-state index in [9.17, 15) is 14.5 Å². The average molecular weight is 238 g/mol. The SMILES string of the molecule is O=[N+]([O-])c1cc(F)cc(NCCCC2CC2)c1. The summed E-state index contributed by atoms with van der Waals surface area (Å²) in [5, 5.41) is 13.6. The molecule has 0 atom stereocenters. The Balaban J connectivity index is 1.87. The van der Waals surface area contributed by atoms with Crippen molar-refractivity contribution in [3.63, 3.8) is 0 Å². The van der Waals surface area contributed by atoms with Crippen LogP contribution in [0.25, 0.3) is 0 Å². The third-order valence-electron chi connectivity index (χ3n) is 2.91. The van der Waals surface area contributed by atoms with E-state index in [0.29, 0.717) is 5.69 Å². The summed E-state index contributed by atoms with van der Waals surface area (Å²) in [6.45, 7) is 0.733. The molecule has 1 aliphatic carbocycles. The summed E-state index contributed by atoms with van der Waals surface area (Å²) in [7, 11) is 0. The van der Waals surface area contributed by atoms with Crippen molar-refractivity contribution < 1.29 is 9.31 Å². The third kappa shape index (κ3) is 3.69. The molecule has 2 rings (SSSR count). The second kappa shape index (κ2) is 5.12. The summed E-state index contributed by atoms with van der Waals surface area (Å²) in [6, 6.07) is 3.57. The lowest BCUT2D eigenvalue weighted by molar-refractivity contribution is -0.385. The monoisotopic (exact) mass is 238 g/mol. The van der Waals surface area contributed by atoms with E-state index < -0.39 is 10.7 Å². The van der Waals surface area contributed by atoms with Crippen LogP contribution in [0.3, 0.4) is 0 Å². The van der Waals surface area contributed by atoms with Crippen LogP contribution < -0.4 is 5.32 Å². The molecule has 1 N–H and O–H groups in total. The second-order valence-electron chi connectivity index (χ2n) is 4.47. The number of nitro groups is 1. The summed E-state index contributed by atoms with van der Waals surface area (Å²) in [5.41, 5.74) is 0.266. The molecule has 0 aliphatic heterocycles. The lowest BCUT2D eigenvalue weighted by Gasteiger charge is -2.06. The number of hydrogen-bond donors (Lipinski definition) is 1. The van der Waals surface area contributed by atoms with Crippen molar-refractivity contribution in [1.82, 2.24) is 0 Å². The molecule has 1 saturated carbocycles.